The van der Waals surface area contributed by atoms with Gasteiger partial charge in [0.15, 0.2) is 0 Å². The first kappa shape index (κ1) is 21.7. The van der Waals surface area contributed by atoms with Crippen LogP contribution in [0.2, 0.25) is 0 Å². The van der Waals surface area contributed by atoms with E-state index in [1.165, 1.54) is 87.6 Å². The highest BCUT2D eigenvalue weighted by molar-refractivity contribution is 6.19. The molecule has 184 valence electrons. The molecule has 0 heteroatoms. The third-order valence-electron chi connectivity index (χ3n) is 8.78. The van der Waals surface area contributed by atoms with Gasteiger partial charge in [-0.15, -0.1) is 0 Å². The van der Waals surface area contributed by atoms with Crippen LogP contribution in [0, 0.1) is 0 Å². The van der Waals surface area contributed by atoms with Gasteiger partial charge in [0.2, 0.25) is 0 Å². The fourth-order valence-electron chi connectivity index (χ4n) is 6.93. The summed E-state index contributed by atoms with van der Waals surface area (Å²) in [7, 11) is 0. The summed E-state index contributed by atoms with van der Waals surface area (Å²) in [5, 5.41) is 10.4. The Labute approximate surface area is 232 Å². The normalized spacial score (nSPS) is 12.0. The van der Waals surface area contributed by atoms with Gasteiger partial charge in [0, 0.05) is 0 Å². The van der Waals surface area contributed by atoms with Crippen LogP contribution in [-0.4, -0.2) is 0 Å². The average molecular weight is 505 g/mol. The second-order valence-corrected chi connectivity index (χ2v) is 10.9. The lowest BCUT2D eigenvalue weighted by atomic mass is 9.91. The van der Waals surface area contributed by atoms with Crippen LogP contribution in [0.3, 0.4) is 0 Å². The van der Waals surface area contributed by atoms with Crippen LogP contribution in [0.25, 0.3) is 87.6 Å². The molecule has 9 rings (SSSR count). The average Bonchev–Trinajstić information content (AvgIpc) is 3.35. The number of hydrogen-bond donors (Lipinski definition) is 0. The highest BCUT2D eigenvalue weighted by Crippen LogP contribution is 2.49. The van der Waals surface area contributed by atoms with Crippen LogP contribution < -0.4 is 0 Å². The molecule has 0 bridgehead atoms. The van der Waals surface area contributed by atoms with Gasteiger partial charge < -0.3 is 0 Å². The zero-order valence-corrected chi connectivity index (χ0v) is 21.9. The molecule has 0 atom stereocenters. The fraction of sp³-hybridized carbons (Fsp3) is 0. The third kappa shape index (κ3) is 3.02. The van der Waals surface area contributed by atoms with E-state index in [1.54, 1.807) is 0 Å². The molecule has 0 spiro atoms. The Morgan fingerprint density at radius 3 is 1.57 bits per heavy atom. The molecule has 0 saturated carbocycles. The third-order valence-corrected chi connectivity index (χ3v) is 8.78. The predicted molar refractivity (Wildman–Crippen MR) is 172 cm³/mol. The van der Waals surface area contributed by atoms with Crippen LogP contribution in [0.4, 0.5) is 0 Å². The summed E-state index contributed by atoms with van der Waals surface area (Å²) in [4.78, 5) is 0. The maximum absolute atomic E-state index is 2.35. The molecule has 0 heterocycles. The van der Waals surface area contributed by atoms with Crippen molar-refractivity contribution in [3.8, 4) is 44.5 Å². The molecular weight excluding hydrogens is 480 g/mol. The van der Waals surface area contributed by atoms with Gasteiger partial charge in [0.25, 0.3) is 0 Å². The van der Waals surface area contributed by atoms with Crippen molar-refractivity contribution < 1.29 is 0 Å². The predicted octanol–water partition coefficient (Wildman–Crippen LogP) is 11.3. The van der Waals surface area contributed by atoms with Gasteiger partial charge in [0.1, 0.15) is 0 Å². The van der Waals surface area contributed by atoms with E-state index < -0.39 is 0 Å². The molecule has 0 aromatic heterocycles. The van der Waals surface area contributed by atoms with Crippen molar-refractivity contribution in [2.24, 2.45) is 0 Å². The van der Waals surface area contributed by atoms with Gasteiger partial charge in [-0.3, -0.25) is 0 Å². The molecule has 1 aliphatic rings. The lowest BCUT2D eigenvalue weighted by Gasteiger charge is -2.13. The summed E-state index contributed by atoms with van der Waals surface area (Å²) in [5.74, 6) is 0. The molecule has 0 fully saturated rings. The molecule has 8 aromatic carbocycles. The SMILES string of the molecule is c1ccc2c(c1)-c1cccc3c(-c4ccc5cc(-c6cc7ccccc7c7ccccc67)ccc5c4)ccc-2c13. The molecule has 0 N–H and O–H groups in total. The Kier molecular flexibility index (Phi) is 4.42. The Morgan fingerprint density at radius 1 is 0.250 bits per heavy atom. The molecule has 1 aliphatic carbocycles. The van der Waals surface area contributed by atoms with Crippen molar-refractivity contribution >= 4 is 43.1 Å². The van der Waals surface area contributed by atoms with E-state index in [4.69, 9.17) is 0 Å². The van der Waals surface area contributed by atoms with Crippen molar-refractivity contribution in [3.05, 3.63) is 146 Å². The van der Waals surface area contributed by atoms with Gasteiger partial charge in [-0.05, 0) is 106 Å². The molecule has 0 aliphatic heterocycles. The molecule has 0 saturated heterocycles. The molecule has 0 unspecified atom stereocenters. The van der Waals surface area contributed by atoms with E-state index in [0.29, 0.717) is 0 Å². The first-order chi connectivity index (χ1) is 19.8. The molecular formula is C40H24. The Hall–Kier alpha value is -5.20. The minimum atomic E-state index is 1.25. The molecule has 8 aromatic rings. The van der Waals surface area contributed by atoms with Crippen molar-refractivity contribution in [2.75, 3.05) is 0 Å². The first-order valence-electron chi connectivity index (χ1n) is 13.9. The second-order valence-electron chi connectivity index (χ2n) is 10.9. The second kappa shape index (κ2) is 8.15. The van der Waals surface area contributed by atoms with E-state index in [0.717, 1.165) is 0 Å². The van der Waals surface area contributed by atoms with E-state index in [9.17, 15) is 0 Å². The largest absolute Gasteiger partial charge is 0.0616 e. The van der Waals surface area contributed by atoms with Crippen LogP contribution in [0.5, 0.6) is 0 Å². The quantitative estimate of drug-likeness (QED) is 0.205. The molecule has 40 heavy (non-hydrogen) atoms. The topological polar surface area (TPSA) is 0 Å². The van der Waals surface area contributed by atoms with Crippen molar-refractivity contribution in [1.29, 1.82) is 0 Å². The van der Waals surface area contributed by atoms with E-state index in [1.807, 2.05) is 0 Å². The first-order valence-corrected chi connectivity index (χ1v) is 13.9. The fourth-order valence-corrected chi connectivity index (χ4v) is 6.93. The van der Waals surface area contributed by atoms with Crippen LogP contribution in [-0.2, 0) is 0 Å². The smallest absolute Gasteiger partial charge is 0.00201 e. The zero-order valence-electron chi connectivity index (χ0n) is 21.9. The minimum absolute atomic E-state index is 1.25. The maximum atomic E-state index is 2.35. The summed E-state index contributed by atoms with van der Waals surface area (Å²) >= 11 is 0. The lowest BCUT2D eigenvalue weighted by molar-refractivity contribution is 1.67. The summed E-state index contributed by atoms with van der Waals surface area (Å²) in [6.07, 6.45) is 0. The van der Waals surface area contributed by atoms with E-state index in [-0.39, 0.29) is 0 Å². The highest BCUT2D eigenvalue weighted by atomic mass is 14.2. The van der Waals surface area contributed by atoms with Crippen LogP contribution in [0.1, 0.15) is 0 Å². The standard InChI is InChI=1S/C40H24/c1-2-9-30-27(8-1)24-39(35-13-6-3-10-32(30)35)29-19-17-25-22-28(18-16-26(25)23-29)31-20-21-38-34-12-5-4-11-33(34)37-15-7-14-36(31)40(37)38/h1-24H. The molecule has 0 amide bonds. The van der Waals surface area contributed by atoms with Crippen molar-refractivity contribution in [2.45, 2.75) is 0 Å². The van der Waals surface area contributed by atoms with Crippen molar-refractivity contribution in [3.63, 3.8) is 0 Å². The lowest BCUT2D eigenvalue weighted by Crippen LogP contribution is -1.86. The highest BCUT2D eigenvalue weighted by Gasteiger charge is 2.22. The maximum Gasteiger partial charge on any atom is -0.00201 e. The summed E-state index contributed by atoms with van der Waals surface area (Å²) < 4.78 is 0. The van der Waals surface area contributed by atoms with Gasteiger partial charge in [-0.1, -0.05) is 127 Å². The summed E-state index contributed by atoms with van der Waals surface area (Å²) in [5.41, 5.74) is 10.5. The Bertz CT molecular complexity index is 2290. The molecule has 0 radical (unpaired) electrons. The Balaban J connectivity index is 1.20. The summed E-state index contributed by atoms with van der Waals surface area (Å²) in [6.45, 7) is 0. The van der Waals surface area contributed by atoms with Crippen LogP contribution >= 0.6 is 0 Å². The van der Waals surface area contributed by atoms with E-state index in [2.05, 4.69) is 146 Å². The Morgan fingerprint density at radius 2 is 0.800 bits per heavy atom. The molecule has 0 nitrogen and oxygen atoms in total. The van der Waals surface area contributed by atoms with Crippen molar-refractivity contribution in [1.82, 2.24) is 0 Å². The number of hydrogen-bond acceptors (Lipinski definition) is 0. The minimum Gasteiger partial charge on any atom is -0.0616 e. The zero-order chi connectivity index (χ0) is 26.2. The van der Waals surface area contributed by atoms with Gasteiger partial charge in [0.05, 0.1) is 0 Å². The van der Waals surface area contributed by atoms with Gasteiger partial charge >= 0.3 is 0 Å². The van der Waals surface area contributed by atoms with Crippen LogP contribution in [0.15, 0.2) is 146 Å². The van der Waals surface area contributed by atoms with Gasteiger partial charge in [-0.2, -0.15) is 0 Å². The number of benzene rings is 8. The number of rotatable bonds is 2. The monoisotopic (exact) mass is 504 g/mol. The summed E-state index contributed by atoms with van der Waals surface area (Å²) in [6, 6.07) is 53.8. The van der Waals surface area contributed by atoms with E-state index >= 15 is 0 Å². The van der Waals surface area contributed by atoms with Gasteiger partial charge in [-0.25, -0.2) is 0 Å². The number of fused-ring (bicyclic) bond motifs is 7.